The molecule has 6 heteroatoms. The van der Waals surface area contributed by atoms with Crippen LogP contribution in [0.5, 0.6) is 11.5 Å². The second kappa shape index (κ2) is 9.53. The molecule has 7 rings (SSSR count). The standard InChI is InChI=1S/C30H33NO3S2/c1-3-33-25-8-6-24(7-9-25)31-28(32)27(36-29(31)35)15-22-14-23(5-10-26(22)34-4-2)30-16-19-11-20(17-30)13-21(12-19)18-30/h5-10,14-15,19-21H,3-4,11-13,16-18H2,1-2H3/b27-15+. The summed E-state index contributed by atoms with van der Waals surface area (Å²) in [6, 6.07) is 14.3. The summed E-state index contributed by atoms with van der Waals surface area (Å²) in [5.41, 5.74) is 3.47. The minimum Gasteiger partial charge on any atom is -0.494 e. The van der Waals surface area contributed by atoms with Crippen LogP contribution in [0.2, 0.25) is 0 Å². The van der Waals surface area contributed by atoms with Crippen molar-refractivity contribution in [3.8, 4) is 11.5 Å². The quantitative estimate of drug-likeness (QED) is 0.282. The number of thiocarbonyl (C=S) groups is 1. The van der Waals surface area contributed by atoms with E-state index in [1.165, 1.54) is 55.9 Å². The smallest absolute Gasteiger partial charge is 0.270 e. The number of ether oxygens (including phenoxy) is 2. The Labute approximate surface area is 223 Å². The first kappa shape index (κ1) is 24.1. The highest BCUT2D eigenvalue weighted by Gasteiger charge is 2.51. The summed E-state index contributed by atoms with van der Waals surface area (Å²) < 4.78 is 12.1. The van der Waals surface area contributed by atoms with Crippen LogP contribution in [0.15, 0.2) is 47.4 Å². The molecule has 0 aromatic heterocycles. The van der Waals surface area contributed by atoms with Crippen LogP contribution in [0.1, 0.15) is 63.5 Å². The van der Waals surface area contributed by atoms with E-state index in [1.54, 1.807) is 4.90 Å². The first-order valence-corrected chi connectivity index (χ1v) is 14.5. The number of carbonyl (C=O) groups excluding carboxylic acids is 1. The van der Waals surface area contributed by atoms with Crippen molar-refractivity contribution in [2.45, 2.75) is 57.8 Å². The minimum absolute atomic E-state index is 0.0863. The molecule has 0 unspecified atom stereocenters. The molecule has 1 saturated heterocycles. The second-order valence-electron chi connectivity index (χ2n) is 10.8. The monoisotopic (exact) mass is 519 g/mol. The molecule has 2 aromatic rings. The molecule has 4 aliphatic carbocycles. The maximum absolute atomic E-state index is 13.5. The third-order valence-corrected chi connectivity index (χ3v) is 9.75. The molecule has 2 aromatic carbocycles. The molecule has 5 aliphatic rings. The van der Waals surface area contributed by atoms with Gasteiger partial charge >= 0.3 is 0 Å². The molecule has 0 spiro atoms. The number of benzene rings is 2. The van der Waals surface area contributed by atoms with Crippen molar-refractivity contribution >= 4 is 46.0 Å². The topological polar surface area (TPSA) is 38.8 Å². The Hall–Kier alpha value is -2.31. The highest BCUT2D eigenvalue weighted by Crippen LogP contribution is 2.61. The van der Waals surface area contributed by atoms with Crippen molar-refractivity contribution in [3.63, 3.8) is 0 Å². The fourth-order valence-corrected chi connectivity index (χ4v) is 8.72. The van der Waals surface area contributed by atoms with Crippen LogP contribution in [-0.4, -0.2) is 23.4 Å². The summed E-state index contributed by atoms with van der Waals surface area (Å²) >= 11 is 6.99. The number of thioether (sulfide) groups is 1. The van der Waals surface area contributed by atoms with Crippen molar-refractivity contribution in [2.24, 2.45) is 17.8 Å². The molecule has 4 saturated carbocycles. The maximum Gasteiger partial charge on any atom is 0.270 e. The van der Waals surface area contributed by atoms with Crippen molar-refractivity contribution in [3.05, 3.63) is 58.5 Å². The Morgan fingerprint density at radius 3 is 2.22 bits per heavy atom. The predicted octanol–water partition coefficient (Wildman–Crippen LogP) is 7.36. The molecule has 1 amide bonds. The minimum atomic E-state index is -0.0863. The molecule has 1 heterocycles. The number of carbonyl (C=O) groups is 1. The van der Waals surface area contributed by atoms with E-state index in [2.05, 4.69) is 18.2 Å². The molecule has 0 atom stereocenters. The molecular weight excluding hydrogens is 486 g/mol. The summed E-state index contributed by atoms with van der Waals surface area (Å²) in [7, 11) is 0. The van der Waals surface area contributed by atoms with E-state index in [1.807, 2.05) is 44.2 Å². The van der Waals surface area contributed by atoms with E-state index in [0.29, 0.717) is 27.9 Å². The van der Waals surface area contributed by atoms with Crippen LogP contribution in [0, 0.1) is 17.8 Å². The number of amides is 1. The van der Waals surface area contributed by atoms with Gasteiger partial charge in [0.15, 0.2) is 4.32 Å². The van der Waals surface area contributed by atoms with Gasteiger partial charge in [-0.3, -0.25) is 9.69 Å². The van der Waals surface area contributed by atoms with Gasteiger partial charge in [-0.1, -0.05) is 30.0 Å². The zero-order valence-corrected chi connectivity index (χ0v) is 22.6. The van der Waals surface area contributed by atoms with Gasteiger partial charge in [0.05, 0.1) is 23.8 Å². The van der Waals surface area contributed by atoms with Crippen molar-refractivity contribution < 1.29 is 14.3 Å². The van der Waals surface area contributed by atoms with E-state index in [0.717, 1.165) is 40.5 Å². The van der Waals surface area contributed by atoms with E-state index in [9.17, 15) is 4.79 Å². The number of hydrogen-bond donors (Lipinski definition) is 0. The van der Waals surface area contributed by atoms with Crippen LogP contribution < -0.4 is 14.4 Å². The Kier molecular flexibility index (Phi) is 6.37. The molecule has 4 nitrogen and oxygen atoms in total. The van der Waals surface area contributed by atoms with Crippen molar-refractivity contribution in [1.82, 2.24) is 0 Å². The fraction of sp³-hybridized carbons (Fsp3) is 0.467. The van der Waals surface area contributed by atoms with Gasteiger partial charge in [-0.15, -0.1) is 0 Å². The number of anilines is 1. The lowest BCUT2D eigenvalue weighted by Crippen LogP contribution is -2.48. The molecule has 188 valence electrons. The Morgan fingerprint density at radius 1 is 0.972 bits per heavy atom. The normalized spacial score (nSPS) is 29.9. The third kappa shape index (κ3) is 4.26. The molecule has 5 fully saturated rings. The highest BCUT2D eigenvalue weighted by atomic mass is 32.2. The lowest BCUT2D eigenvalue weighted by atomic mass is 9.48. The third-order valence-electron chi connectivity index (χ3n) is 8.45. The molecule has 4 bridgehead atoms. The predicted molar refractivity (Wildman–Crippen MR) is 151 cm³/mol. The van der Waals surface area contributed by atoms with Crippen molar-refractivity contribution in [2.75, 3.05) is 18.1 Å². The van der Waals surface area contributed by atoms with Crippen LogP contribution in [0.4, 0.5) is 5.69 Å². The Balaban J connectivity index is 1.32. The molecule has 0 N–H and O–H groups in total. The van der Waals surface area contributed by atoms with Crippen LogP contribution in [0.3, 0.4) is 0 Å². The lowest BCUT2D eigenvalue weighted by molar-refractivity contribution is -0.113. The second-order valence-corrected chi connectivity index (χ2v) is 12.5. The molecule has 0 radical (unpaired) electrons. The average molecular weight is 520 g/mol. The number of nitrogens with zero attached hydrogens (tertiary/aromatic N) is 1. The highest BCUT2D eigenvalue weighted by molar-refractivity contribution is 8.27. The van der Waals surface area contributed by atoms with E-state index < -0.39 is 0 Å². The SMILES string of the molecule is CCOc1ccc(N2C(=O)/C(=C\c3cc(C45CC6CC(CC(C6)C4)C5)ccc3OCC)SC2=S)cc1. The van der Waals surface area contributed by atoms with Gasteiger partial charge in [0.2, 0.25) is 0 Å². The van der Waals surface area contributed by atoms with Crippen molar-refractivity contribution in [1.29, 1.82) is 0 Å². The summed E-state index contributed by atoms with van der Waals surface area (Å²) in [5.74, 6) is 4.18. The summed E-state index contributed by atoms with van der Waals surface area (Å²) in [6.07, 6.45) is 10.2. The average Bonchev–Trinajstić information content (AvgIpc) is 3.13. The molecule has 36 heavy (non-hydrogen) atoms. The Morgan fingerprint density at radius 2 is 1.61 bits per heavy atom. The fourth-order valence-electron chi connectivity index (χ4n) is 7.43. The van der Waals surface area contributed by atoms with Crippen LogP contribution >= 0.6 is 24.0 Å². The zero-order chi connectivity index (χ0) is 24.9. The van der Waals surface area contributed by atoms with Gasteiger partial charge in [-0.05, 0) is 124 Å². The van der Waals surface area contributed by atoms with Gasteiger partial charge in [-0.2, -0.15) is 0 Å². The number of hydrogen-bond acceptors (Lipinski definition) is 5. The summed E-state index contributed by atoms with van der Waals surface area (Å²) in [5, 5.41) is 0. The van der Waals surface area contributed by atoms with Gasteiger partial charge in [0.1, 0.15) is 11.5 Å². The maximum atomic E-state index is 13.5. The van der Waals surface area contributed by atoms with Gasteiger partial charge in [0, 0.05) is 5.56 Å². The lowest BCUT2D eigenvalue weighted by Gasteiger charge is -2.57. The first-order valence-electron chi connectivity index (χ1n) is 13.3. The van der Waals surface area contributed by atoms with E-state index in [4.69, 9.17) is 21.7 Å². The zero-order valence-electron chi connectivity index (χ0n) is 21.0. The van der Waals surface area contributed by atoms with Crippen LogP contribution in [0.25, 0.3) is 6.08 Å². The first-order chi connectivity index (χ1) is 17.5. The van der Waals surface area contributed by atoms with Gasteiger partial charge in [0.25, 0.3) is 5.91 Å². The summed E-state index contributed by atoms with van der Waals surface area (Å²) in [6.45, 7) is 5.15. The largest absolute Gasteiger partial charge is 0.494 e. The van der Waals surface area contributed by atoms with E-state index >= 15 is 0 Å². The van der Waals surface area contributed by atoms with Crippen LogP contribution in [-0.2, 0) is 10.2 Å². The van der Waals surface area contributed by atoms with Gasteiger partial charge < -0.3 is 9.47 Å². The van der Waals surface area contributed by atoms with E-state index in [-0.39, 0.29) is 5.91 Å². The molecular formula is C30H33NO3S2. The molecule has 1 aliphatic heterocycles. The Bertz CT molecular complexity index is 1180. The number of rotatable bonds is 7. The van der Waals surface area contributed by atoms with Gasteiger partial charge in [-0.25, -0.2) is 0 Å². The summed E-state index contributed by atoms with van der Waals surface area (Å²) in [4.78, 5) is 15.7.